The van der Waals surface area contributed by atoms with Gasteiger partial charge in [0.2, 0.25) is 0 Å². The van der Waals surface area contributed by atoms with Crippen LogP contribution in [0.1, 0.15) is 28.0 Å². The van der Waals surface area contributed by atoms with Crippen LogP contribution in [0, 0.1) is 0 Å². The third kappa shape index (κ3) is 1.46. The van der Waals surface area contributed by atoms with Crippen LogP contribution in [0.2, 0.25) is 0 Å². The highest BCUT2D eigenvalue weighted by atomic mass is 16.3. The summed E-state index contributed by atoms with van der Waals surface area (Å²) in [5.41, 5.74) is -0.856. The highest BCUT2D eigenvalue weighted by Crippen LogP contribution is 2.20. The summed E-state index contributed by atoms with van der Waals surface area (Å²) in [6, 6.07) is 3.76. The fraction of sp³-hybridized carbons (Fsp3) is 0.556. The first-order chi connectivity index (χ1) is 5.73. The SMILES string of the molecule is [2H]CCC(O)(CC)n1cccc1. The molecule has 1 aromatic rings. The van der Waals surface area contributed by atoms with E-state index < -0.39 is 5.72 Å². The quantitative estimate of drug-likeness (QED) is 0.707. The Morgan fingerprint density at radius 1 is 1.45 bits per heavy atom. The average Bonchev–Trinajstić information content (AvgIpc) is 2.57. The topological polar surface area (TPSA) is 25.2 Å². The maximum Gasteiger partial charge on any atom is 0.140 e. The van der Waals surface area contributed by atoms with Gasteiger partial charge in [-0.1, -0.05) is 13.8 Å². The normalized spacial score (nSPS) is 17.5. The van der Waals surface area contributed by atoms with Crippen molar-refractivity contribution in [3.05, 3.63) is 24.5 Å². The van der Waals surface area contributed by atoms with Crippen LogP contribution in [-0.4, -0.2) is 9.67 Å². The summed E-state index contributed by atoms with van der Waals surface area (Å²) in [6.07, 6.45) is 4.79. The summed E-state index contributed by atoms with van der Waals surface area (Å²) < 4.78 is 8.86. The molecule has 11 heavy (non-hydrogen) atoms. The molecule has 0 spiro atoms. The van der Waals surface area contributed by atoms with Crippen molar-refractivity contribution in [1.29, 1.82) is 0 Å². The van der Waals surface area contributed by atoms with Gasteiger partial charge in [-0.15, -0.1) is 0 Å². The molecule has 0 aromatic carbocycles. The van der Waals surface area contributed by atoms with Crippen LogP contribution in [0.4, 0.5) is 0 Å². The molecule has 1 aromatic heterocycles. The molecule has 1 N–H and O–H groups in total. The van der Waals surface area contributed by atoms with Gasteiger partial charge < -0.3 is 9.67 Å². The molecule has 0 aliphatic heterocycles. The molecule has 1 atom stereocenters. The summed E-state index contributed by atoms with van der Waals surface area (Å²) >= 11 is 0. The predicted molar refractivity (Wildman–Crippen MR) is 45.2 cm³/mol. The van der Waals surface area contributed by atoms with Crippen molar-refractivity contribution >= 4 is 0 Å². The summed E-state index contributed by atoms with van der Waals surface area (Å²) in [7, 11) is 0. The Morgan fingerprint density at radius 2 is 2.09 bits per heavy atom. The first-order valence-electron chi connectivity index (χ1n) is 4.58. The molecule has 2 heteroatoms. The van der Waals surface area contributed by atoms with Crippen LogP contribution in [-0.2, 0) is 5.72 Å². The van der Waals surface area contributed by atoms with Crippen LogP contribution >= 0.6 is 0 Å². The van der Waals surface area contributed by atoms with Crippen molar-refractivity contribution in [2.45, 2.75) is 32.4 Å². The molecule has 0 fully saturated rings. The minimum atomic E-state index is -0.856. The lowest BCUT2D eigenvalue weighted by Crippen LogP contribution is -2.30. The Labute approximate surface area is 68.9 Å². The molecule has 1 rings (SSSR count). The third-order valence-corrected chi connectivity index (χ3v) is 2.05. The molecular weight excluding hydrogens is 138 g/mol. The van der Waals surface area contributed by atoms with E-state index in [0.29, 0.717) is 12.8 Å². The van der Waals surface area contributed by atoms with Gasteiger partial charge in [0, 0.05) is 13.8 Å². The molecule has 0 saturated heterocycles. The van der Waals surface area contributed by atoms with Crippen LogP contribution in [0.3, 0.4) is 0 Å². The Morgan fingerprint density at radius 3 is 2.55 bits per heavy atom. The van der Waals surface area contributed by atoms with E-state index in [9.17, 15) is 5.11 Å². The van der Waals surface area contributed by atoms with Crippen LogP contribution in [0.25, 0.3) is 0 Å². The number of nitrogens with zero attached hydrogens (tertiary/aromatic N) is 1. The maximum atomic E-state index is 10.0. The van der Waals surface area contributed by atoms with E-state index >= 15 is 0 Å². The van der Waals surface area contributed by atoms with Crippen LogP contribution in [0.15, 0.2) is 24.5 Å². The zero-order valence-corrected chi connectivity index (χ0v) is 6.83. The lowest BCUT2D eigenvalue weighted by molar-refractivity contribution is -0.0447. The van der Waals surface area contributed by atoms with E-state index in [1.165, 1.54) is 0 Å². The van der Waals surface area contributed by atoms with Gasteiger partial charge in [-0.05, 0) is 25.0 Å². The Kier molecular flexibility index (Phi) is 1.95. The largest absolute Gasteiger partial charge is 0.371 e. The van der Waals surface area contributed by atoms with E-state index in [1.54, 1.807) is 4.57 Å². The van der Waals surface area contributed by atoms with E-state index in [2.05, 4.69) is 0 Å². The monoisotopic (exact) mass is 154 g/mol. The molecule has 0 radical (unpaired) electrons. The standard InChI is InChI=1S/C9H15NO/c1-3-9(11,4-2)10-7-5-6-8-10/h5-8,11H,3-4H2,1-2H3/i1D. The maximum absolute atomic E-state index is 10.0. The molecule has 1 unspecified atom stereocenters. The minimum absolute atomic E-state index is 0.252. The van der Waals surface area contributed by atoms with Crippen molar-refractivity contribution in [2.75, 3.05) is 0 Å². The van der Waals surface area contributed by atoms with E-state index in [4.69, 9.17) is 1.37 Å². The van der Waals surface area contributed by atoms with Crippen molar-refractivity contribution in [3.8, 4) is 0 Å². The Bertz CT molecular complexity index is 222. The second-order valence-electron chi connectivity index (χ2n) is 2.68. The smallest absolute Gasteiger partial charge is 0.140 e. The summed E-state index contributed by atoms with van der Waals surface area (Å²) in [4.78, 5) is 0. The van der Waals surface area contributed by atoms with Gasteiger partial charge in [0.1, 0.15) is 5.72 Å². The highest BCUT2D eigenvalue weighted by molar-refractivity contribution is 4.94. The molecule has 0 aliphatic carbocycles. The van der Waals surface area contributed by atoms with Gasteiger partial charge in [0.25, 0.3) is 0 Å². The second kappa shape index (κ2) is 3.09. The second-order valence-corrected chi connectivity index (χ2v) is 2.68. The number of hydrogen-bond acceptors (Lipinski definition) is 1. The molecule has 0 aliphatic rings. The Balaban J connectivity index is 2.80. The van der Waals surface area contributed by atoms with Crippen molar-refractivity contribution in [1.82, 2.24) is 4.57 Å². The lowest BCUT2D eigenvalue weighted by atomic mass is 10.1. The van der Waals surface area contributed by atoms with Crippen molar-refractivity contribution < 1.29 is 6.48 Å². The van der Waals surface area contributed by atoms with E-state index in [-0.39, 0.29) is 6.90 Å². The number of rotatable bonds is 3. The molecule has 0 saturated carbocycles. The molecular formula is C9H15NO. The molecule has 62 valence electrons. The molecule has 2 nitrogen and oxygen atoms in total. The zero-order valence-electron chi connectivity index (χ0n) is 7.83. The van der Waals surface area contributed by atoms with Gasteiger partial charge in [0.15, 0.2) is 0 Å². The number of aromatic nitrogens is 1. The zero-order chi connectivity index (χ0) is 9.03. The number of hydrogen-bond donors (Lipinski definition) is 1. The first kappa shape index (κ1) is 6.92. The van der Waals surface area contributed by atoms with Crippen molar-refractivity contribution in [3.63, 3.8) is 0 Å². The first-order valence-corrected chi connectivity index (χ1v) is 3.88. The summed E-state index contributed by atoms with van der Waals surface area (Å²) in [5, 5.41) is 10.0. The minimum Gasteiger partial charge on any atom is -0.371 e. The van der Waals surface area contributed by atoms with Crippen LogP contribution < -0.4 is 0 Å². The van der Waals surface area contributed by atoms with Crippen molar-refractivity contribution in [2.24, 2.45) is 0 Å². The Hall–Kier alpha value is -0.760. The lowest BCUT2D eigenvalue weighted by Gasteiger charge is -2.27. The highest BCUT2D eigenvalue weighted by Gasteiger charge is 2.22. The fourth-order valence-corrected chi connectivity index (χ4v) is 1.10. The third-order valence-electron chi connectivity index (χ3n) is 2.05. The molecule has 0 amide bonds. The average molecular weight is 154 g/mol. The van der Waals surface area contributed by atoms with Crippen LogP contribution in [0.5, 0.6) is 0 Å². The van der Waals surface area contributed by atoms with Gasteiger partial charge >= 0.3 is 0 Å². The van der Waals surface area contributed by atoms with Gasteiger partial charge in [-0.2, -0.15) is 0 Å². The molecule has 0 bridgehead atoms. The van der Waals surface area contributed by atoms with Gasteiger partial charge in [-0.3, -0.25) is 0 Å². The van der Waals surface area contributed by atoms with Gasteiger partial charge in [-0.25, -0.2) is 0 Å². The number of aliphatic hydroxyl groups is 1. The van der Waals surface area contributed by atoms with E-state index in [0.717, 1.165) is 0 Å². The van der Waals surface area contributed by atoms with Gasteiger partial charge in [0.05, 0.1) is 0 Å². The molecule has 1 heterocycles. The fourth-order valence-electron chi connectivity index (χ4n) is 1.10. The summed E-state index contributed by atoms with van der Waals surface area (Å²) in [5.74, 6) is 0. The summed E-state index contributed by atoms with van der Waals surface area (Å²) in [6.45, 7) is 2.18. The van der Waals surface area contributed by atoms with E-state index in [1.807, 2.05) is 31.5 Å². The predicted octanol–water partition coefficient (Wildman–Crippen LogP) is 1.95.